The lowest BCUT2D eigenvalue weighted by Gasteiger charge is -2.10. The largest absolute Gasteiger partial charge is 0.383 e. The van der Waals surface area contributed by atoms with Crippen molar-refractivity contribution in [2.24, 2.45) is 5.92 Å². The molecule has 17 heavy (non-hydrogen) atoms. The molecule has 1 fully saturated rings. The van der Waals surface area contributed by atoms with Gasteiger partial charge in [-0.05, 0) is 18.8 Å². The summed E-state index contributed by atoms with van der Waals surface area (Å²) >= 11 is 0. The van der Waals surface area contributed by atoms with Crippen LogP contribution in [0, 0.1) is 5.92 Å². The van der Waals surface area contributed by atoms with Crippen LogP contribution in [0.15, 0.2) is 6.07 Å². The van der Waals surface area contributed by atoms with Crippen molar-refractivity contribution in [2.45, 2.75) is 38.5 Å². The Morgan fingerprint density at radius 2 is 2.00 bits per heavy atom. The Hall–Kier alpha value is -1.52. The van der Waals surface area contributed by atoms with E-state index in [1.54, 1.807) is 6.07 Å². The fourth-order valence-corrected chi connectivity index (χ4v) is 2.48. The molecule has 1 saturated carbocycles. The lowest BCUT2D eigenvalue weighted by molar-refractivity contribution is 0.491. The molecule has 0 bridgehead atoms. The quantitative estimate of drug-likeness (QED) is 0.679. The Balaban J connectivity index is 1.70. The predicted molar refractivity (Wildman–Crippen MR) is 70.5 cm³/mol. The molecule has 5 heteroatoms. The number of nitrogens with two attached hydrogens (primary N) is 2. The monoisotopic (exact) mass is 235 g/mol. The van der Waals surface area contributed by atoms with Gasteiger partial charge in [0.1, 0.15) is 11.6 Å². The summed E-state index contributed by atoms with van der Waals surface area (Å²) in [6.07, 6.45) is 8.13. The van der Waals surface area contributed by atoms with E-state index in [0.29, 0.717) is 5.82 Å². The summed E-state index contributed by atoms with van der Waals surface area (Å²) in [6, 6.07) is 1.71. The van der Waals surface area contributed by atoms with Gasteiger partial charge in [-0.15, -0.1) is 0 Å². The van der Waals surface area contributed by atoms with Crippen molar-refractivity contribution < 1.29 is 0 Å². The highest BCUT2D eigenvalue weighted by atomic mass is 15.1. The normalized spacial score (nSPS) is 16.2. The fraction of sp³-hybridized carbons (Fsp3) is 0.667. The van der Waals surface area contributed by atoms with Crippen LogP contribution in [-0.4, -0.2) is 16.5 Å². The predicted octanol–water partition coefficient (Wildman–Crippen LogP) is 2.02. The molecule has 5 nitrogen and oxygen atoms in total. The van der Waals surface area contributed by atoms with Gasteiger partial charge >= 0.3 is 0 Å². The molecule has 0 saturated heterocycles. The summed E-state index contributed by atoms with van der Waals surface area (Å²) in [5.74, 6) is 2.30. The van der Waals surface area contributed by atoms with E-state index in [-0.39, 0.29) is 5.95 Å². The number of hydrogen-bond acceptors (Lipinski definition) is 5. The van der Waals surface area contributed by atoms with Gasteiger partial charge in [0.15, 0.2) is 0 Å². The Labute approximate surface area is 102 Å². The van der Waals surface area contributed by atoms with Gasteiger partial charge in [0.25, 0.3) is 0 Å². The maximum absolute atomic E-state index is 5.59. The molecule has 1 aliphatic carbocycles. The van der Waals surface area contributed by atoms with Crippen LogP contribution in [-0.2, 0) is 0 Å². The second-order valence-electron chi connectivity index (χ2n) is 4.76. The van der Waals surface area contributed by atoms with E-state index >= 15 is 0 Å². The zero-order chi connectivity index (χ0) is 12.1. The molecule has 0 atom stereocenters. The van der Waals surface area contributed by atoms with Crippen LogP contribution in [0.5, 0.6) is 0 Å². The van der Waals surface area contributed by atoms with E-state index in [1.165, 1.54) is 38.5 Å². The van der Waals surface area contributed by atoms with E-state index in [2.05, 4.69) is 15.3 Å². The van der Waals surface area contributed by atoms with Crippen molar-refractivity contribution in [3.05, 3.63) is 6.07 Å². The molecule has 0 spiro atoms. The number of rotatable bonds is 5. The third-order valence-electron chi connectivity index (χ3n) is 3.33. The molecule has 0 amide bonds. The highest BCUT2D eigenvalue weighted by Crippen LogP contribution is 2.28. The minimum atomic E-state index is 0.225. The molecule has 1 heterocycles. The second kappa shape index (κ2) is 5.70. The standard InChI is InChI=1S/C12H21N5/c13-10-8-11(17-12(14)16-10)15-7-3-6-9-4-1-2-5-9/h8-9H,1-7H2,(H5,13,14,15,16,17). The van der Waals surface area contributed by atoms with E-state index in [4.69, 9.17) is 11.5 Å². The average Bonchev–Trinajstić information content (AvgIpc) is 2.76. The molecule has 1 aromatic heterocycles. The molecular formula is C12H21N5. The molecule has 0 aliphatic heterocycles. The number of nitrogen functional groups attached to an aromatic ring is 2. The van der Waals surface area contributed by atoms with Gasteiger partial charge in [-0.1, -0.05) is 25.7 Å². The summed E-state index contributed by atoms with van der Waals surface area (Å²) in [7, 11) is 0. The van der Waals surface area contributed by atoms with Crippen LogP contribution >= 0.6 is 0 Å². The maximum Gasteiger partial charge on any atom is 0.223 e. The summed E-state index contributed by atoms with van der Waals surface area (Å²) in [5, 5.41) is 3.24. The third-order valence-corrected chi connectivity index (χ3v) is 3.33. The van der Waals surface area contributed by atoms with Crippen molar-refractivity contribution in [3.63, 3.8) is 0 Å². The number of nitrogens with zero attached hydrogens (tertiary/aromatic N) is 2. The van der Waals surface area contributed by atoms with Gasteiger partial charge in [-0.3, -0.25) is 0 Å². The third kappa shape index (κ3) is 3.76. The highest BCUT2D eigenvalue weighted by molar-refractivity contribution is 5.48. The Kier molecular flexibility index (Phi) is 4.01. The summed E-state index contributed by atoms with van der Waals surface area (Å²) < 4.78 is 0. The molecule has 1 aromatic rings. The molecule has 2 rings (SSSR count). The first kappa shape index (κ1) is 12.0. The lowest BCUT2D eigenvalue weighted by atomic mass is 10.0. The van der Waals surface area contributed by atoms with Crippen molar-refractivity contribution in [3.8, 4) is 0 Å². The minimum absolute atomic E-state index is 0.225. The van der Waals surface area contributed by atoms with Crippen LogP contribution in [0.2, 0.25) is 0 Å². The molecule has 5 N–H and O–H groups in total. The zero-order valence-electron chi connectivity index (χ0n) is 10.2. The van der Waals surface area contributed by atoms with Gasteiger partial charge in [-0.25, -0.2) is 0 Å². The van der Waals surface area contributed by atoms with Crippen LogP contribution in [0.25, 0.3) is 0 Å². The topological polar surface area (TPSA) is 89.8 Å². The summed E-state index contributed by atoms with van der Waals surface area (Å²) in [6.45, 7) is 0.923. The molecule has 0 radical (unpaired) electrons. The van der Waals surface area contributed by atoms with Crippen LogP contribution in [0.1, 0.15) is 38.5 Å². The van der Waals surface area contributed by atoms with Crippen LogP contribution in [0.3, 0.4) is 0 Å². The van der Waals surface area contributed by atoms with Gasteiger partial charge in [0, 0.05) is 12.6 Å². The number of anilines is 3. The van der Waals surface area contributed by atoms with Gasteiger partial charge in [0.05, 0.1) is 0 Å². The fourth-order valence-electron chi connectivity index (χ4n) is 2.48. The summed E-state index contributed by atoms with van der Waals surface area (Å²) in [4.78, 5) is 7.91. The number of nitrogens with one attached hydrogen (secondary N) is 1. The van der Waals surface area contributed by atoms with Crippen molar-refractivity contribution in [2.75, 3.05) is 23.3 Å². The first-order chi connectivity index (χ1) is 8.24. The molecule has 0 aromatic carbocycles. The molecular weight excluding hydrogens is 214 g/mol. The van der Waals surface area contributed by atoms with E-state index in [0.717, 1.165) is 18.3 Å². The van der Waals surface area contributed by atoms with Crippen molar-refractivity contribution in [1.82, 2.24) is 9.97 Å². The number of hydrogen-bond donors (Lipinski definition) is 3. The van der Waals surface area contributed by atoms with E-state index in [9.17, 15) is 0 Å². The Bertz CT molecular complexity index is 340. The number of aromatic nitrogens is 2. The highest BCUT2D eigenvalue weighted by Gasteiger charge is 2.13. The average molecular weight is 235 g/mol. The first-order valence-corrected chi connectivity index (χ1v) is 6.38. The first-order valence-electron chi connectivity index (χ1n) is 6.38. The zero-order valence-corrected chi connectivity index (χ0v) is 10.2. The molecule has 1 aliphatic rings. The maximum atomic E-state index is 5.59. The Morgan fingerprint density at radius 3 is 2.71 bits per heavy atom. The molecule has 0 unspecified atom stereocenters. The van der Waals surface area contributed by atoms with E-state index < -0.39 is 0 Å². The van der Waals surface area contributed by atoms with Crippen molar-refractivity contribution >= 4 is 17.6 Å². The van der Waals surface area contributed by atoms with Crippen LogP contribution in [0.4, 0.5) is 17.6 Å². The molecule has 94 valence electrons. The summed E-state index contributed by atoms with van der Waals surface area (Å²) in [5.41, 5.74) is 11.1. The lowest BCUT2D eigenvalue weighted by Crippen LogP contribution is -2.08. The Morgan fingerprint density at radius 1 is 1.24 bits per heavy atom. The second-order valence-corrected chi connectivity index (χ2v) is 4.76. The smallest absolute Gasteiger partial charge is 0.223 e. The van der Waals surface area contributed by atoms with Gasteiger partial charge in [0.2, 0.25) is 5.95 Å². The SMILES string of the molecule is Nc1cc(NCCCC2CCCC2)nc(N)n1. The van der Waals surface area contributed by atoms with Gasteiger partial charge < -0.3 is 16.8 Å². The van der Waals surface area contributed by atoms with Gasteiger partial charge in [-0.2, -0.15) is 9.97 Å². The minimum Gasteiger partial charge on any atom is -0.383 e. The van der Waals surface area contributed by atoms with Crippen molar-refractivity contribution in [1.29, 1.82) is 0 Å². The van der Waals surface area contributed by atoms with E-state index in [1.807, 2.05) is 0 Å². The van der Waals surface area contributed by atoms with Crippen LogP contribution < -0.4 is 16.8 Å².